The van der Waals surface area contributed by atoms with E-state index in [9.17, 15) is 15.8 Å². The van der Waals surface area contributed by atoms with Crippen molar-refractivity contribution in [3.05, 3.63) is 57.2 Å². The summed E-state index contributed by atoms with van der Waals surface area (Å²) >= 11 is 3.50. The molecule has 0 amide bonds. The highest BCUT2D eigenvalue weighted by Gasteiger charge is 2.52. The number of halogens is 1. The number of nitriles is 3. The van der Waals surface area contributed by atoms with Crippen LogP contribution in [-0.2, 0) is 0 Å². The second-order valence-electron chi connectivity index (χ2n) is 7.26. The summed E-state index contributed by atoms with van der Waals surface area (Å²) in [5, 5.41) is 29.7. The van der Waals surface area contributed by atoms with E-state index in [1.165, 1.54) is 0 Å². The summed E-state index contributed by atoms with van der Waals surface area (Å²) < 4.78 is 0.912. The number of nitrogens with zero attached hydrogens (tertiary/aromatic N) is 4. The van der Waals surface area contributed by atoms with E-state index in [1.54, 1.807) is 0 Å². The Morgan fingerprint density at radius 3 is 2.52 bits per heavy atom. The molecule has 0 radical (unpaired) electrons. The number of hydrogen-bond donors (Lipinski definition) is 1. The first kappa shape index (κ1) is 19.2. The highest BCUT2D eigenvalue weighted by atomic mass is 79.9. The van der Waals surface area contributed by atoms with Gasteiger partial charge in [-0.1, -0.05) is 34.1 Å². The first-order valence-electron chi connectivity index (χ1n) is 8.82. The Morgan fingerprint density at radius 1 is 1.26 bits per heavy atom. The molecule has 1 aromatic rings. The number of rotatable bonds is 2. The molecule has 2 N–H and O–H groups in total. The minimum absolute atomic E-state index is 0.0699. The normalized spacial score (nSPS) is 24.4. The zero-order valence-corrected chi connectivity index (χ0v) is 16.9. The lowest BCUT2D eigenvalue weighted by Crippen LogP contribution is -2.48. The van der Waals surface area contributed by atoms with E-state index >= 15 is 0 Å². The lowest BCUT2D eigenvalue weighted by atomic mass is 9.60. The van der Waals surface area contributed by atoms with Crippen molar-refractivity contribution in [1.82, 2.24) is 4.90 Å². The van der Waals surface area contributed by atoms with Crippen molar-refractivity contribution in [2.24, 2.45) is 17.1 Å². The van der Waals surface area contributed by atoms with Gasteiger partial charge in [-0.25, -0.2) is 0 Å². The minimum atomic E-state index is -1.57. The molecule has 1 aliphatic heterocycles. The second-order valence-corrected chi connectivity index (χ2v) is 8.17. The van der Waals surface area contributed by atoms with Gasteiger partial charge in [0.25, 0.3) is 0 Å². The van der Waals surface area contributed by atoms with Crippen molar-refractivity contribution < 1.29 is 0 Å². The van der Waals surface area contributed by atoms with Gasteiger partial charge in [-0.05, 0) is 37.1 Å². The molecular weight excluding hydrogens is 402 g/mol. The SMILES string of the molecule is CC(C)N1CC=C2[C@H](C1)[C@H](c1cccc(Br)c1)C(C#N)=C(N)C2(C#N)C#N. The van der Waals surface area contributed by atoms with Gasteiger partial charge in [0, 0.05) is 35.4 Å². The van der Waals surface area contributed by atoms with Crippen LogP contribution in [0.5, 0.6) is 0 Å². The van der Waals surface area contributed by atoms with Crippen molar-refractivity contribution in [2.45, 2.75) is 25.8 Å². The minimum Gasteiger partial charge on any atom is -0.399 e. The van der Waals surface area contributed by atoms with Crippen molar-refractivity contribution in [2.75, 3.05) is 13.1 Å². The number of fused-ring (bicyclic) bond motifs is 1. The summed E-state index contributed by atoms with van der Waals surface area (Å²) in [4.78, 5) is 2.29. The zero-order valence-electron chi connectivity index (χ0n) is 15.3. The Morgan fingerprint density at radius 2 is 1.96 bits per heavy atom. The van der Waals surface area contributed by atoms with Crippen LogP contribution in [0, 0.1) is 45.3 Å². The van der Waals surface area contributed by atoms with Crippen LogP contribution in [0.1, 0.15) is 25.3 Å². The van der Waals surface area contributed by atoms with Gasteiger partial charge in [0.2, 0.25) is 5.41 Å². The van der Waals surface area contributed by atoms with E-state index in [1.807, 2.05) is 30.3 Å². The first-order valence-corrected chi connectivity index (χ1v) is 9.61. The molecule has 1 aliphatic carbocycles. The van der Waals surface area contributed by atoms with E-state index in [0.717, 1.165) is 15.6 Å². The Balaban J connectivity index is 2.29. The van der Waals surface area contributed by atoms with Crippen molar-refractivity contribution in [1.29, 1.82) is 15.8 Å². The van der Waals surface area contributed by atoms with Gasteiger partial charge in [-0.2, -0.15) is 15.8 Å². The number of nitrogens with two attached hydrogens (primary N) is 1. The fourth-order valence-electron chi connectivity index (χ4n) is 4.16. The monoisotopic (exact) mass is 421 g/mol. The summed E-state index contributed by atoms with van der Waals surface area (Å²) in [6.45, 7) is 5.57. The fraction of sp³-hybridized carbons (Fsp3) is 0.381. The van der Waals surface area contributed by atoms with E-state index in [-0.39, 0.29) is 17.5 Å². The molecule has 2 atom stereocenters. The Bertz CT molecular complexity index is 940. The first-order chi connectivity index (χ1) is 12.9. The van der Waals surface area contributed by atoms with Crippen molar-refractivity contribution in [3.63, 3.8) is 0 Å². The molecule has 27 heavy (non-hydrogen) atoms. The molecule has 136 valence electrons. The van der Waals surface area contributed by atoms with Crippen molar-refractivity contribution in [3.8, 4) is 18.2 Å². The topological polar surface area (TPSA) is 101 Å². The van der Waals surface area contributed by atoms with Crippen LogP contribution in [-0.4, -0.2) is 24.0 Å². The van der Waals surface area contributed by atoms with E-state index < -0.39 is 5.41 Å². The molecule has 1 heterocycles. The maximum absolute atomic E-state index is 9.90. The standard InChI is InChI=1S/C21H20BrN5/c1-13(2)27-7-6-18-17(10-27)19(14-4-3-5-15(22)8-14)16(9-23)20(26)21(18,11-24)12-25/h3-6,8,13,17,19H,7,10,26H2,1-2H3/t17-,19+/m0/s1. The lowest BCUT2D eigenvalue weighted by molar-refractivity contribution is 0.186. The smallest absolute Gasteiger partial charge is 0.204 e. The highest BCUT2D eigenvalue weighted by molar-refractivity contribution is 9.10. The van der Waals surface area contributed by atoms with Gasteiger partial charge in [0.05, 0.1) is 29.5 Å². The van der Waals surface area contributed by atoms with Gasteiger partial charge in [0.1, 0.15) is 0 Å². The lowest BCUT2D eigenvalue weighted by Gasteiger charge is -2.46. The molecule has 0 bridgehead atoms. The Kier molecular flexibility index (Phi) is 5.11. The molecule has 5 nitrogen and oxygen atoms in total. The van der Waals surface area contributed by atoms with Gasteiger partial charge in [-0.15, -0.1) is 0 Å². The number of benzene rings is 1. The molecule has 0 unspecified atom stereocenters. The largest absolute Gasteiger partial charge is 0.399 e. The molecule has 0 saturated heterocycles. The number of allylic oxidation sites excluding steroid dienone is 2. The maximum atomic E-state index is 9.90. The summed E-state index contributed by atoms with van der Waals surface area (Å²) in [7, 11) is 0. The van der Waals surface area contributed by atoms with Crippen LogP contribution in [0.3, 0.4) is 0 Å². The summed E-state index contributed by atoms with van der Waals surface area (Å²) in [5.74, 6) is -0.438. The summed E-state index contributed by atoms with van der Waals surface area (Å²) in [6.07, 6.45) is 1.96. The molecule has 0 fully saturated rings. The molecular formula is C21H20BrN5. The Hall–Kier alpha value is -2.59. The van der Waals surface area contributed by atoms with E-state index in [0.29, 0.717) is 24.7 Å². The van der Waals surface area contributed by atoms with Crippen LogP contribution in [0.15, 0.2) is 51.7 Å². The fourth-order valence-corrected chi connectivity index (χ4v) is 4.58. The number of hydrogen-bond acceptors (Lipinski definition) is 5. The van der Waals surface area contributed by atoms with Gasteiger partial charge in [0.15, 0.2) is 0 Å². The van der Waals surface area contributed by atoms with E-state index in [4.69, 9.17) is 5.73 Å². The van der Waals surface area contributed by atoms with Gasteiger partial charge in [-0.3, -0.25) is 4.90 Å². The average molecular weight is 422 g/mol. The van der Waals surface area contributed by atoms with Crippen LogP contribution < -0.4 is 5.73 Å². The molecule has 0 aromatic heterocycles. The van der Waals surface area contributed by atoms with Crippen LogP contribution in [0.25, 0.3) is 0 Å². The zero-order chi connectivity index (χ0) is 19.8. The predicted molar refractivity (Wildman–Crippen MR) is 106 cm³/mol. The molecule has 0 saturated carbocycles. The predicted octanol–water partition coefficient (Wildman–Crippen LogP) is 3.58. The third-order valence-corrected chi connectivity index (χ3v) is 6.10. The maximum Gasteiger partial charge on any atom is 0.204 e. The van der Waals surface area contributed by atoms with Gasteiger partial charge >= 0.3 is 0 Å². The molecule has 0 spiro atoms. The molecule has 1 aromatic carbocycles. The van der Waals surface area contributed by atoms with E-state index in [2.05, 4.69) is 52.9 Å². The third kappa shape index (κ3) is 2.94. The third-order valence-electron chi connectivity index (χ3n) is 5.61. The van der Waals surface area contributed by atoms with Crippen LogP contribution >= 0.6 is 15.9 Å². The molecule has 6 heteroatoms. The Labute approximate surface area is 168 Å². The molecule has 2 aliphatic rings. The van der Waals surface area contributed by atoms with Crippen LogP contribution in [0.2, 0.25) is 0 Å². The van der Waals surface area contributed by atoms with Crippen LogP contribution in [0.4, 0.5) is 0 Å². The van der Waals surface area contributed by atoms with Crippen molar-refractivity contribution >= 4 is 15.9 Å². The quantitative estimate of drug-likeness (QED) is 0.735. The second kappa shape index (κ2) is 7.20. The highest BCUT2D eigenvalue weighted by Crippen LogP contribution is 2.53. The summed E-state index contributed by atoms with van der Waals surface area (Å²) in [6, 6.07) is 14.6. The average Bonchev–Trinajstić information content (AvgIpc) is 2.67. The summed E-state index contributed by atoms with van der Waals surface area (Å²) in [5.41, 5.74) is 6.81. The van der Waals surface area contributed by atoms with Gasteiger partial charge < -0.3 is 5.73 Å². The molecule has 3 rings (SSSR count).